The molecular weight excluding hydrogens is 242 g/mol. The van der Waals surface area contributed by atoms with Gasteiger partial charge in [-0.2, -0.15) is 0 Å². The minimum Gasteiger partial charge on any atom is -0.312 e. The van der Waals surface area contributed by atoms with Gasteiger partial charge >= 0.3 is 0 Å². The third-order valence-corrected chi connectivity index (χ3v) is 4.19. The van der Waals surface area contributed by atoms with Gasteiger partial charge < -0.3 is 5.32 Å². The minimum atomic E-state index is 0.449. The monoisotopic (exact) mass is 269 g/mol. The highest BCUT2D eigenvalue weighted by molar-refractivity contribution is 7.05. The number of unbranched alkanes of at least 4 members (excludes halogenated alkanes) is 7. The van der Waals surface area contributed by atoms with Gasteiger partial charge in [0.2, 0.25) is 0 Å². The molecule has 1 atom stereocenters. The van der Waals surface area contributed by atoms with E-state index in [1.807, 2.05) is 13.2 Å². The number of rotatable bonds is 11. The maximum atomic E-state index is 3.93. The van der Waals surface area contributed by atoms with E-state index in [0.29, 0.717) is 6.04 Å². The Kier molecular flexibility index (Phi) is 9.04. The van der Waals surface area contributed by atoms with Crippen LogP contribution in [0.5, 0.6) is 0 Å². The lowest BCUT2D eigenvalue weighted by molar-refractivity contribution is 0.499. The van der Waals surface area contributed by atoms with Crippen LogP contribution in [0.15, 0.2) is 6.20 Å². The zero-order chi connectivity index (χ0) is 13.1. The van der Waals surface area contributed by atoms with Crippen molar-refractivity contribution in [2.75, 3.05) is 7.05 Å². The van der Waals surface area contributed by atoms with Crippen LogP contribution in [-0.2, 0) is 0 Å². The highest BCUT2D eigenvalue weighted by Crippen LogP contribution is 2.21. The average molecular weight is 269 g/mol. The molecule has 1 aromatic rings. The second-order valence-electron chi connectivity index (χ2n) is 4.92. The van der Waals surface area contributed by atoms with Crippen molar-refractivity contribution in [3.05, 3.63) is 11.1 Å². The Morgan fingerprint density at radius 1 is 1.11 bits per heavy atom. The van der Waals surface area contributed by atoms with Crippen molar-refractivity contribution in [1.82, 2.24) is 14.9 Å². The summed E-state index contributed by atoms with van der Waals surface area (Å²) in [5, 5.41) is 7.26. The first-order valence-corrected chi connectivity index (χ1v) is 8.10. The molecule has 0 aliphatic rings. The van der Waals surface area contributed by atoms with Crippen LogP contribution in [-0.4, -0.2) is 16.6 Å². The van der Waals surface area contributed by atoms with Gasteiger partial charge in [-0.3, -0.25) is 0 Å². The molecule has 0 fully saturated rings. The third kappa shape index (κ3) is 6.45. The molecule has 0 radical (unpaired) electrons. The van der Waals surface area contributed by atoms with E-state index in [0.717, 1.165) is 0 Å². The number of nitrogens with one attached hydrogen (secondary N) is 1. The van der Waals surface area contributed by atoms with Gasteiger partial charge in [0.05, 0.1) is 11.1 Å². The maximum absolute atomic E-state index is 3.93. The molecule has 3 nitrogen and oxygen atoms in total. The molecule has 1 unspecified atom stereocenters. The average Bonchev–Trinajstić information content (AvgIpc) is 2.91. The van der Waals surface area contributed by atoms with Crippen LogP contribution in [0.4, 0.5) is 0 Å². The summed E-state index contributed by atoms with van der Waals surface area (Å²) in [6.45, 7) is 2.27. The molecule has 0 bridgehead atoms. The number of aromatic nitrogens is 2. The van der Waals surface area contributed by atoms with Gasteiger partial charge in [-0.1, -0.05) is 62.8 Å². The van der Waals surface area contributed by atoms with Crippen molar-refractivity contribution in [2.24, 2.45) is 0 Å². The van der Waals surface area contributed by atoms with Gasteiger partial charge in [0.1, 0.15) is 0 Å². The Labute approximate surface area is 116 Å². The van der Waals surface area contributed by atoms with Crippen molar-refractivity contribution in [3.8, 4) is 0 Å². The minimum absolute atomic E-state index is 0.449. The lowest BCUT2D eigenvalue weighted by atomic mass is 10.0. The molecule has 0 saturated heterocycles. The van der Waals surface area contributed by atoms with Crippen molar-refractivity contribution < 1.29 is 0 Å². The van der Waals surface area contributed by atoms with E-state index in [1.54, 1.807) is 0 Å². The highest BCUT2D eigenvalue weighted by atomic mass is 32.1. The standard InChI is InChI=1S/C14H27N3S/c1-3-4-5-6-7-8-9-10-11-13(15-2)14-12-16-17-18-14/h12-13,15H,3-11H2,1-2H3. The smallest absolute Gasteiger partial charge is 0.0669 e. The summed E-state index contributed by atoms with van der Waals surface area (Å²) in [5.74, 6) is 0. The van der Waals surface area contributed by atoms with Gasteiger partial charge in [0.15, 0.2) is 0 Å². The summed E-state index contributed by atoms with van der Waals surface area (Å²) < 4.78 is 3.93. The molecule has 18 heavy (non-hydrogen) atoms. The van der Waals surface area contributed by atoms with Crippen LogP contribution in [0.3, 0.4) is 0 Å². The van der Waals surface area contributed by atoms with E-state index in [2.05, 4.69) is 21.8 Å². The van der Waals surface area contributed by atoms with Crippen LogP contribution < -0.4 is 5.32 Å². The summed E-state index contributed by atoms with van der Waals surface area (Å²) in [6, 6.07) is 0.449. The summed E-state index contributed by atoms with van der Waals surface area (Å²) in [4.78, 5) is 1.26. The predicted octanol–water partition coefficient (Wildman–Crippen LogP) is 4.33. The lowest BCUT2D eigenvalue weighted by Crippen LogP contribution is -2.14. The van der Waals surface area contributed by atoms with E-state index in [9.17, 15) is 0 Å². The summed E-state index contributed by atoms with van der Waals surface area (Å²) in [5.41, 5.74) is 0. The third-order valence-electron chi connectivity index (χ3n) is 3.42. The fraction of sp³-hybridized carbons (Fsp3) is 0.857. The van der Waals surface area contributed by atoms with Gasteiger partial charge in [0.25, 0.3) is 0 Å². The Morgan fingerprint density at radius 3 is 2.33 bits per heavy atom. The zero-order valence-electron chi connectivity index (χ0n) is 11.8. The van der Waals surface area contributed by atoms with Gasteiger partial charge in [0, 0.05) is 6.04 Å². The van der Waals surface area contributed by atoms with Gasteiger partial charge in [-0.05, 0) is 25.0 Å². The summed E-state index contributed by atoms with van der Waals surface area (Å²) >= 11 is 1.51. The molecule has 1 heterocycles. The fourth-order valence-electron chi connectivity index (χ4n) is 2.24. The molecule has 104 valence electrons. The van der Waals surface area contributed by atoms with E-state index >= 15 is 0 Å². The van der Waals surface area contributed by atoms with Crippen LogP contribution in [0.2, 0.25) is 0 Å². The molecule has 0 aromatic carbocycles. The predicted molar refractivity (Wildman–Crippen MR) is 78.9 cm³/mol. The van der Waals surface area contributed by atoms with E-state index in [4.69, 9.17) is 0 Å². The molecule has 0 aliphatic carbocycles. The van der Waals surface area contributed by atoms with E-state index in [1.165, 1.54) is 74.2 Å². The van der Waals surface area contributed by atoms with Gasteiger partial charge in [-0.25, -0.2) is 0 Å². The Bertz CT molecular complexity index is 275. The zero-order valence-corrected chi connectivity index (χ0v) is 12.6. The molecule has 1 rings (SSSR count). The molecule has 0 spiro atoms. The fourth-order valence-corrected chi connectivity index (χ4v) is 2.89. The van der Waals surface area contributed by atoms with Crippen LogP contribution in [0.1, 0.15) is 75.6 Å². The van der Waals surface area contributed by atoms with Crippen molar-refractivity contribution in [1.29, 1.82) is 0 Å². The molecule has 1 N–H and O–H groups in total. The SMILES string of the molecule is CCCCCCCCCCC(NC)c1cnns1. The summed E-state index contributed by atoms with van der Waals surface area (Å²) in [7, 11) is 2.02. The van der Waals surface area contributed by atoms with Crippen molar-refractivity contribution in [3.63, 3.8) is 0 Å². The topological polar surface area (TPSA) is 37.8 Å². The number of hydrogen-bond acceptors (Lipinski definition) is 4. The first-order valence-electron chi connectivity index (χ1n) is 7.33. The molecule has 0 aliphatic heterocycles. The van der Waals surface area contributed by atoms with Crippen LogP contribution >= 0.6 is 11.5 Å². The quantitative estimate of drug-likeness (QED) is 0.608. The Morgan fingerprint density at radius 2 is 1.78 bits per heavy atom. The Hall–Kier alpha value is -0.480. The molecule has 0 amide bonds. The second kappa shape index (κ2) is 10.4. The number of hydrogen-bond donors (Lipinski definition) is 1. The first kappa shape index (κ1) is 15.6. The van der Waals surface area contributed by atoms with Crippen molar-refractivity contribution in [2.45, 2.75) is 70.8 Å². The van der Waals surface area contributed by atoms with Gasteiger partial charge in [-0.15, -0.1) is 5.10 Å². The molecule has 1 aromatic heterocycles. The maximum Gasteiger partial charge on any atom is 0.0669 e. The van der Waals surface area contributed by atoms with E-state index < -0.39 is 0 Å². The molecule has 4 heteroatoms. The highest BCUT2D eigenvalue weighted by Gasteiger charge is 2.10. The number of nitrogens with zero attached hydrogens (tertiary/aromatic N) is 2. The molecule has 0 saturated carbocycles. The summed E-state index contributed by atoms with van der Waals surface area (Å²) in [6.07, 6.45) is 14.1. The van der Waals surface area contributed by atoms with Crippen molar-refractivity contribution >= 4 is 11.5 Å². The van der Waals surface area contributed by atoms with E-state index in [-0.39, 0.29) is 0 Å². The first-order chi connectivity index (χ1) is 8.88. The van der Waals surface area contributed by atoms with Crippen LogP contribution in [0, 0.1) is 0 Å². The Balaban J connectivity index is 1.99. The largest absolute Gasteiger partial charge is 0.312 e. The lowest BCUT2D eigenvalue weighted by Gasteiger charge is -2.12. The molecular formula is C14H27N3S. The second-order valence-corrected chi connectivity index (χ2v) is 5.74. The van der Waals surface area contributed by atoms with Crippen LogP contribution in [0.25, 0.3) is 0 Å². The normalized spacial score (nSPS) is 12.8.